The van der Waals surface area contributed by atoms with Gasteiger partial charge < -0.3 is 24.8 Å². The summed E-state index contributed by atoms with van der Waals surface area (Å²) < 4.78 is 45.8. The number of carbonyl (C=O) groups excluding carboxylic acids is 2. The lowest BCUT2D eigenvalue weighted by molar-refractivity contribution is -0.143. The van der Waals surface area contributed by atoms with Gasteiger partial charge in [-0.05, 0) is 67.8 Å². The Morgan fingerprint density at radius 2 is 1.79 bits per heavy atom. The number of hydrogen-bond acceptors (Lipinski definition) is 5. The van der Waals surface area contributed by atoms with E-state index in [1.165, 1.54) is 12.1 Å². The number of halogens is 5. The normalized spacial score (nSPS) is 17.6. The number of hydrogen-bond donors (Lipinski definition) is 1. The number of alkyl halides is 3. The number of piperazine rings is 1. The Bertz CT molecular complexity index is 1250. The van der Waals surface area contributed by atoms with Gasteiger partial charge in [0.15, 0.2) is 0 Å². The number of nitrogens with one attached hydrogen (secondary N) is 1. The van der Waals surface area contributed by atoms with Crippen LogP contribution in [0.2, 0.25) is 10.0 Å². The van der Waals surface area contributed by atoms with Crippen molar-refractivity contribution in [1.82, 2.24) is 15.1 Å². The Labute approximate surface area is 254 Å². The van der Waals surface area contributed by atoms with E-state index in [2.05, 4.69) is 5.32 Å². The van der Waals surface area contributed by atoms with Crippen LogP contribution in [-0.2, 0) is 33.3 Å². The summed E-state index contributed by atoms with van der Waals surface area (Å²) in [5, 5.41) is 4.17. The molecular weight excluding hydrogens is 592 g/mol. The van der Waals surface area contributed by atoms with E-state index in [-0.39, 0.29) is 24.3 Å². The van der Waals surface area contributed by atoms with Gasteiger partial charge in [-0.1, -0.05) is 29.3 Å². The Morgan fingerprint density at radius 1 is 1.05 bits per heavy atom. The largest absolute Gasteiger partial charge is 0.416 e. The SMILES string of the molecule is CO[C@@H](C)CNCCc1cc(C(F)(F)F)ccc1N1CCN(C(=O)C(Cc2ccc(Cl)cc2Cl)N2CCCC2=O)CC1. The fraction of sp³-hybridized carbons (Fsp3) is 0.533. The monoisotopic (exact) mass is 628 g/mol. The maximum atomic E-state index is 13.8. The van der Waals surface area contributed by atoms with Gasteiger partial charge in [-0.15, -0.1) is 0 Å². The maximum Gasteiger partial charge on any atom is 0.416 e. The van der Waals surface area contributed by atoms with E-state index in [0.717, 1.165) is 17.3 Å². The predicted octanol–water partition coefficient (Wildman–Crippen LogP) is 5.06. The van der Waals surface area contributed by atoms with Crippen LogP contribution in [-0.4, -0.2) is 86.7 Å². The number of amides is 2. The van der Waals surface area contributed by atoms with E-state index in [4.69, 9.17) is 27.9 Å². The third-order valence-corrected chi connectivity index (χ3v) is 8.53. The average Bonchev–Trinajstić information content (AvgIpc) is 3.39. The summed E-state index contributed by atoms with van der Waals surface area (Å²) in [5.74, 6) is -0.208. The zero-order chi connectivity index (χ0) is 30.4. The standard InChI is InChI=1S/C30H37Cl2F3N4O3/c1-20(42-2)19-36-10-9-22-16-23(30(33,34)35)6-8-26(22)37-12-14-38(15-13-37)29(41)27(39-11-3-4-28(39)40)17-21-5-7-24(31)18-25(21)32/h5-8,16,18,20,27,36H,3-4,9-15,17,19H2,1-2H3/t20-,27?/m0/s1. The van der Waals surface area contributed by atoms with Gasteiger partial charge in [-0.25, -0.2) is 0 Å². The van der Waals surface area contributed by atoms with Gasteiger partial charge in [-0.2, -0.15) is 13.2 Å². The molecule has 2 aliphatic heterocycles. The molecule has 2 saturated heterocycles. The van der Waals surface area contributed by atoms with Crippen LogP contribution in [0, 0.1) is 0 Å². The van der Waals surface area contributed by atoms with Gasteiger partial charge in [-0.3, -0.25) is 9.59 Å². The van der Waals surface area contributed by atoms with Gasteiger partial charge in [0.25, 0.3) is 0 Å². The highest BCUT2D eigenvalue weighted by Gasteiger charge is 2.37. The number of carbonyl (C=O) groups is 2. The van der Waals surface area contributed by atoms with Crippen molar-refractivity contribution in [3.05, 3.63) is 63.1 Å². The molecule has 0 bridgehead atoms. The first-order valence-electron chi connectivity index (χ1n) is 14.2. The Morgan fingerprint density at radius 3 is 2.40 bits per heavy atom. The van der Waals surface area contributed by atoms with E-state index in [9.17, 15) is 22.8 Å². The first-order valence-corrected chi connectivity index (χ1v) is 14.9. The van der Waals surface area contributed by atoms with E-state index in [1.807, 2.05) is 11.8 Å². The number of benzene rings is 2. The van der Waals surface area contributed by atoms with Crippen molar-refractivity contribution in [1.29, 1.82) is 0 Å². The lowest BCUT2D eigenvalue weighted by Crippen LogP contribution is -2.56. The van der Waals surface area contributed by atoms with Crippen LogP contribution in [0.3, 0.4) is 0 Å². The minimum atomic E-state index is -4.44. The fourth-order valence-corrected chi connectivity index (χ4v) is 5.97. The third kappa shape index (κ3) is 8.09. The molecule has 4 rings (SSSR count). The van der Waals surface area contributed by atoms with E-state index in [0.29, 0.717) is 80.7 Å². The minimum Gasteiger partial charge on any atom is -0.380 e. The number of likely N-dealkylation sites (tertiary alicyclic amines) is 1. The van der Waals surface area contributed by atoms with Crippen molar-refractivity contribution in [3.8, 4) is 0 Å². The van der Waals surface area contributed by atoms with Crippen molar-refractivity contribution >= 4 is 40.7 Å². The molecule has 2 atom stereocenters. The van der Waals surface area contributed by atoms with Crippen LogP contribution < -0.4 is 10.2 Å². The van der Waals surface area contributed by atoms with Crippen molar-refractivity contribution in [3.63, 3.8) is 0 Å². The molecule has 0 saturated carbocycles. The second-order valence-corrected chi connectivity index (χ2v) is 11.6. The van der Waals surface area contributed by atoms with E-state index in [1.54, 1.807) is 35.1 Å². The fourth-order valence-electron chi connectivity index (χ4n) is 5.49. The third-order valence-electron chi connectivity index (χ3n) is 7.94. The molecule has 0 aromatic heterocycles. The van der Waals surface area contributed by atoms with Crippen molar-refractivity contribution in [2.45, 2.75) is 50.9 Å². The Kier molecular flexibility index (Phi) is 11.0. The molecule has 2 amide bonds. The van der Waals surface area contributed by atoms with Crippen LogP contribution >= 0.6 is 23.2 Å². The molecule has 7 nitrogen and oxygen atoms in total. The summed E-state index contributed by atoms with van der Waals surface area (Å²) in [5.41, 5.74) is 1.39. The number of nitrogens with zero attached hydrogens (tertiary/aromatic N) is 3. The number of rotatable bonds is 11. The second-order valence-electron chi connectivity index (χ2n) is 10.8. The number of ether oxygens (including phenoxy) is 1. The van der Waals surface area contributed by atoms with E-state index < -0.39 is 17.8 Å². The van der Waals surface area contributed by atoms with E-state index >= 15 is 0 Å². The highest BCUT2D eigenvalue weighted by atomic mass is 35.5. The molecule has 0 aliphatic carbocycles. The summed E-state index contributed by atoms with van der Waals surface area (Å²) >= 11 is 12.5. The highest BCUT2D eigenvalue weighted by Crippen LogP contribution is 2.34. The molecule has 12 heteroatoms. The van der Waals surface area contributed by atoms with Crippen LogP contribution in [0.25, 0.3) is 0 Å². The molecule has 2 aromatic rings. The number of methoxy groups -OCH3 is 1. The Hall–Kier alpha value is -2.53. The van der Waals surface area contributed by atoms with Crippen LogP contribution in [0.1, 0.15) is 36.5 Å². The van der Waals surface area contributed by atoms with Gasteiger partial charge in [0.2, 0.25) is 11.8 Å². The first kappa shape index (κ1) is 32.4. The second kappa shape index (κ2) is 14.3. The highest BCUT2D eigenvalue weighted by molar-refractivity contribution is 6.35. The molecule has 42 heavy (non-hydrogen) atoms. The molecular formula is C30H37Cl2F3N4O3. The molecule has 2 aliphatic rings. The molecule has 2 fully saturated rings. The maximum absolute atomic E-state index is 13.8. The average molecular weight is 630 g/mol. The molecule has 2 heterocycles. The zero-order valence-electron chi connectivity index (χ0n) is 23.9. The van der Waals surface area contributed by atoms with Gasteiger partial charge >= 0.3 is 6.18 Å². The predicted molar refractivity (Wildman–Crippen MR) is 158 cm³/mol. The van der Waals surface area contributed by atoms with Crippen molar-refractivity contribution in [2.24, 2.45) is 0 Å². The van der Waals surface area contributed by atoms with Crippen LogP contribution in [0.15, 0.2) is 36.4 Å². The minimum absolute atomic E-state index is 0.00742. The molecule has 1 N–H and O–H groups in total. The topological polar surface area (TPSA) is 65.1 Å². The summed E-state index contributed by atoms with van der Waals surface area (Å²) in [6, 6.07) is 8.29. The molecule has 0 radical (unpaired) electrons. The molecule has 230 valence electrons. The summed E-state index contributed by atoms with van der Waals surface area (Å²) in [4.78, 5) is 31.9. The lowest BCUT2D eigenvalue weighted by atomic mass is 10.0. The van der Waals surface area contributed by atoms with Crippen LogP contribution in [0.5, 0.6) is 0 Å². The zero-order valence-corrected chi connectivity index (χ0v) is 25.4. The molecule has 2 aromatic carbocycles. The lowest BCUT2D eigenvalue weighted by Gasteiger charge is -2.40. The summed E-state index contributed by atoms with van der Waals surface area (Å²) in [6.07, 6.45) is -2.66. The summed E-state index contributed by atoms with van der Waals surface area (Å²) in [7, 11) is 1.61. The number of anilines is 1. The molecule has 1 unspecified atom stereocenters. The smallest absolute Gasteiger partial charge is 0.380 e. The van der Waals surface area contributed by atoms with Crippen LogP contribution in [0.4, 0.5) is 18.9 Å². The molecule has 0 spiro atoms. The van der Waals surface area contributed by atoms with Gasteiger partial charge in [0.1, 0.15) is 6.04 Å². The van der Waals surface area contributed by atoms with Gasteiger partial charge in [0, 0.05) is 75.0 Å². The summed E-state index contributed by atoms with van der Waals surface area (Å²) in [6.45, 7) is 5.20. The quantitative estimate of drug-likeness (QED) is 0.353. The van der Waals surface area contributed by atoms with Crippen molar-refractivity contribution < 1.29 is 27.5 Å². The first-order chi connectivity index (χ1) is 20.0. The van der Waals surface area contributed by atoms with Gasteiger partial charge in [0.05, 0.1) is 11.7 Å². The van der Waals surface area contributed by atoms with Crippen molar-refractivity contribution in [2.75, 3.05) is 57.8 Å². The Balaban J connectivity index is 1.47.